The number of aryl methyl sites for hydroxylation is 1. The predicted octanol–water partition coefficient (Wildman–Crippen LogP) is 0.374. The molecule has 0 N–H and O–H groups in total. The monoisotopic (exact) mass is 369 g/mol. The standard InChI is InChI=1S/C18H23N7O2/c1-14-21-15(13-16(22-14)23-9-11-27-12-10-23)17(26)24-5-7-25(8-6-24)18-19-3-2-4-20-18/h2-4,13H,5-12H2,1H3. The molecule has 0 aromatic carbocycles. The van der Waals surface area contributed by atoms with Gasteiger partial charge in [-0.1, -0.05) is 0 Å². The molecule has 1 amide bonds. The number of hydrogen-bond donors (Lipinski definition) is 0. The summed E-state index contributed by atoms with van der Waals surface area (Å²) in [7, 11) is 0. The lowest BCUT2D eigenvalue weighted by Gasteiger charge is -2.34. The number of hydrogen-bond acceptors (Lipinski definition) is 8. The van der Waals surface area contributed by atoms with E-state index in [0.717, 1.165) is 18.9 Å². The molecule has 2 aliphatic heterocycles. The zero-order chi connectivity index (χ0) is 18.6. The minimum absolute atomic E-state index is 0.0522. The summed E-state index contributed by atoms with van der Waals surface area (Å²) in [6.45, 7) is 7.38. The van der Waals surface area contributed by atoms with Crippen molar-refractivity contribution in [1.82, 2.24) is 24.8 Å². The first kappa shape index (κ1) is 17.6. The smallest absolute Gasteiger partial charge is 0.272 e. The molecule has 0 unspecified atom stereocenters. The Bertz CT molecular complexity index is 788. The Hall–Kier alpha value is -2.81. The van der Waals surface area contributed by atoms with Crippen molar-refractivity contribution in [3.63, 3.8) is 0 Å². The quantitative estimate of drug-likeness (QED) is 0.767. The van der Waals surface area contributed by atoms with Crippen molar-refractivity contribution in [2.75, 3.05) is 62.3 Å². The molecule has 0 radical (unpaired) electrons. The zero-order valence-electron chi connectivity index (χ0n) is 15.4. The molecule has 142 valence electrons. The molecular weight excluding hydrogens is 346 g/mol. The number of carbonyl (C=O) groups excluding carboxylic acids is 1. The van der Waals surface area contributed by atoms with Crippen LogP contribution < -0.4 is 9.80 Å². The Kier molecular flexibility index (Phi) is 5.10. The molecule has 0 saturated carbocycles. The Balaban J connectivity index is 1.44. The van der Waals surface area contributed by atoms with E-state index < -0.39 is 0 Å². The van der Waals surface area contributed by atoms with Crippen LogP contribution >= 0.6 is 0 Å². The number of amides is 1. The summed E-state index contributed by atoms with van der Waals surface area (Å²) in [5.74, 6) is 2.06. The fraction of sp³-hybridized carbons (Fsp3) is 0.500. The van der Waals surface area contributed by atoms with Gasteiger partial charge in [-0.3, -0.25) is 4.79 Å². The van der Waals surface area contributed by atoms with E-state index >= 15 is 0 Å². The zero-order valence-corrected chi connectivity index (χ0v) is 15.4. The number of carbonyl (C=O) groups is 1. The SMILES string of the molecule is Cc1nc(C(=O)N2CCN(c3ncccn3)CC2)cc(N2CCOCC2)n1. The largest absolute Gasteiger partial charge is 0.378 e. The molecule has 0 bridgehead atoms. The summed E-state index contributed by atoms with van der Waals surface area (Å²) >= 11 is 0. The van der Waals surface area contributed by atoms with Gasteiger partial charge in [-0.05, 0) is 13.0 Å². The third-order valence-electron chi connectivity index (χ3n) is 4.78. The first-order valence-corrected chi connectivity index (χ1v) is 9.20. The van der Waals surface area contributed by atoms with Crippen molar-refractivity contribution in [1.29, 1.82) is 0 Å². The normalized spacial score (nSPS) is 17.9. The van der Waals surface area contributed by atoms with Crippen LogP contribution in [0.2, 0.25) is 0 Å². The minimum atomic E-state index is -0.0522. The lowest BCUT2D eigenvalue weighted by Crippen LogP contribution is -2.49. The molecule has 9 heteroatoms. The van der Waals surface area contributed by atoms with Gasteiger partial charge in [0.2, 0.25) is 5.95 Å². The molecule has 0 aliphatic carbocycles. The van der Waals surface area contributed by atoms with Gasteiger partial charge in [0.15, 0.2) is 0 Å². The van der Waals surface area contributed by atoms with Crippen LogP contribution in [-0.2, 0) is 4.74 Å². The van der Waals surface area contributed by atoms with Crippen LogP contribution in [-0.4, -0.2) is 83.2 Å². The Morgan fingerprint density at radius 3 is 2.37 bits per heavy atom. The number of morpholine rings is 1. The van der Waals surface area contributed by atoms with Gasteiger partial charge < -0.3 is 19.4 Å². The Labute approximate surface area is 158 Å². The van der Waals surface area contributed by atoms with Crippen LogP contribution in [0.25, 0.3) is 0 Å². The third-order valence-corrected chi connectivity index (χ3v) is 4.78. The second kappa shape index (κ2) is 7.83. The second-order valence-electron chi connectivity index (χ2n) is 6.59. The van der Waals surface area contributed by atoms with Crippen molar-refractivity contribution < 1.29 is 9.53 Å². The van der Waals surface area contributed by atoms with Gasteiger partial charge in [0.25, 0.3) is 5.91 Å². The fourth-order valence-corrected chi connectivity index (χ4v) is 3.34. The highest BCUT2D eigenvalue weighted by Crippen LogP contribution is 2.17. The number of anilines is 2. The summed E-state index contributed by atoms with van der Waals surface area (Å²) in [6.07, 6.45) is 3.47. The lowest BCUT2D eigenvalue weighted by atomic mass is 10.2. The van der Waals surface area contributed by atoms with E-state index in [2.05, 4.69) is 29.7 Å². The number of rotatable bonds is 3. The molecule has 0 spiro atoms. The van der Waals surface area contributed by atoms with E-state index in [0.29, 0.717) is 56.9 Å². The molecular formula is C18H23N7O2. The molecule has 2 aliphatic rings. The third kappa shape index (κ3) is 3.97. The molecule has 2 saturated heterocycles. The molecule has 9 nitrogen and oxygen atoms in total. The maximum absolute atomic E-state index is 13.0. The van der Waals surface area contributed by atoms with Crippen molar-refractivity contribution in [3.05, 3.63) is 36.0 Å². The van der Waals surface area contributed by atoms with E-state index in [1.807, 2.05) is 11.8 Å². The molecule has 4 rings (SSSR count). The lowest BCUT2D eigenvalue weighted by molar-refractivity contribution is 0.0740. The molecule has 2 fully saturated rings. The minimum Gasteiger partial charge on any atom is -0.378 e. The summed E-state index contributed by atoms with van der Waals surface area (Å²) in [5.41, 5.74) is 0.452. The maximum Gasteiger partial charge on any atom is 0.272 e. The van der Waals surface area contributed by atoms with Gasteiger partial charge in [-0.2, -0.15) is 0 Å². The molecule has 0 atom stereocenters. The highest BCUT2D eigenvalue weighted by Gasteiger charge is 2.25. The van der Waals surface area contributed by atoms with E-state index in [-0.39, 0.29) is 5.91 Å². The molecule has 4 heterocycles. The Morgan fingerprint density at radius 2 is 1.67 bits per heavy atom. The summed E-state index contributed by atoms with van der Waals surface area (Å²) in [5, 5.41) is 0. The van der Waals surface area contributed by atoms with Gasteiger partial charge in [0.1, 0.15) is 17.3 Å². The van der Waals surface area contributed by atoms with E-state index in [4.69, 9.17) is 4.74 Å². The second-order valence-corrected chi connectivity index (χ2v) is 6.59. The molecule has 2 aromatic rings. The van der Waals surface area contributed by atoms with E-state index in [1.165, 1.54) is 0 Å². The van der Waals surface area contributed by atoms with Crippen molar-refractivity contribution >= 4 is 17.7 Å². The first-order chi connectivity index (χ1) is 13.2. The van der Waals surface area contributed by atoms with Gasteiger partial charge in [-0.25, -0.2) is 19.9 Å². The van der Waals surface area contributed by atoms with Crippen molar-refractivity contribution in [2.24, 2.45) is 0 Å². The average Bonchev–Trinajstić information content (AvgIpc) is 2.74. The van der Waals surface area contributed by atoms with Crippen LogP contribution in [0.3, 0.4) is 0 Å². The Morgan fingerprint density at radius 1 is 0.963 bits per heavy atom. The van der Waals surface area contributed by atoms with Gasteiger partial charge >= 0.3 is 0 Å². The van der Waals surface area contributed by atoms with Crippen molar-refractivity contribution in [3.8, 4) is 0 Å². The average molecular weight is 369 g/mol. The van der Waals surface area contributed by atoms with Gasteiger partial charge in [0, 0.05) is 57.7 Å². The number of ether oxygens (including phenoxy) is 1. The van der Waals surface area contributed by atoms with Gasteiger partial charge in [-0.15, -0.1) is 0 Å². The first-order valence-electron chi connectivity index (χ1n) is 9.20. The van der Waals surface area contributed by atoms with E-state index in [9.17, 15) is 4.79 Å². The van der Waals surface area contributed by atoms with Crippen LogP contribution in [0.4, 0.5) is 11.8 Å². The topological polar surface area (TPSA) is 87.6 Å². The fourth-order valence-electron chi connectivity index (χ4n) is 3.34. The molecule has 27 heavy (non-hydrogen) atoms. The summed E-state index contributed by atoms with van der Waals surface area (Å²) in [4.78, 5) is 36.5. The predicted molar refractivity (Wildman–Crippen MR) is 99.9 cm³/mol. The van der Waals surface area contributed by atoms with Gasteiger partial charge in [0.05, 0.1) is 13.2 Å². The number of aromatic nitrogens is 4. The number of piperazine rings is 1. The summed E-state index contributed by atoms with van der Waals surface area (Å²) in [6, 6.07) is 3.60. The maximum atomic E-state index is 13.0. The van der Waals surface area contributed by atoms with Crippen LogP contribution in [0.1, 0.15) is 16.3 Å². The van der Waals surface area contributed by atoms with E-state index in [1.54, 1.807) is 24.5 Å². The van der Waals surface area contributed by atoms with Crippen LogP contribution in [0.5, 0.6) is 0 Å². The number of nitrogens with zero attached hydrogens (tertiary/aromatic N) is 7. The highest BCUT2D eigenvalue weighted by atomic mass is 16.5. The van der Waals surface area contributed by atoms with Crippen LogP contribution in [0.15, 0.2) is 24.5 Å². The summed E-state index contributed by atoms with van der Waals surface area (Å²) < 4.78 is 5.40. The van der Waals surface area contributed by atoms with Crippen molar-refractivity contribution in [2.45, 2.75) is 6.92 Å². The molecule has 2 aromatic heterocycles. The highest BCUT2D eigenvalue weighted by molar-refractivity contribution is 5.93. The van der Waals surface area contributed by atoms with Crippen LogP contribution in [0, 0.1) is 6.92 Å².